The maximum Gasteiger partial charge on any atom is 0.321 e. The monoisotopic (exact) mass is 310 g/mol. The summed E-state index contributed by atoms with van der Waals surface area (Å²) in [6.07, 6.45) is 3.25. The van der Waals surface area contributed by atoms with Crippen molar-refractivity contribution in [3.05, 3.63) is 0 Å². The molecule has 1 saturated heterocycles. The molecule has 7 heteroatoms. The predicted octanol–water partition coefficient (Wildman–Crippen LogP) is 0.0687. The smallest absolute Gasteiger partial charge is 0.321 e. The van der Waals surface area contributed by atoms with Crippen LogP contribution in [-0.2, 0) is 9.59 Å². The lowest BCUT2D eigenvalue weighted by Crippen LogP contribution is -2.53. The lowest BCUT2D eigenvalue weighted by molar-refractivity contribution is -0.126. The molecule has 0 aromatic rings. The van der Waals surface area contributed by atoms with Crippen molar-refractivity contribution >= 4 is 17.8 Å². The summed E-state index contributed by atoms with van der Waals surface area (Å²) in [5, 5.41) is 7.97. The summed E-state index contributed by atoms with van der Waals surface area (Å²) in [5.74, 6) is 0.541. The Morgan fingerprint density at radius 3 is 2.82 bits per heavy atom. The molecule has 1 aliphatic heterocycles. The Morgan fingerprint density at radius 2 is 2.09 bits per heavy atom. The number of hydrogen-bond acceptors (Lipinski definition) is 4. The zero-order valence-electron chi connectivity index (χ0n) is 13.4. The second-order valence-electron chi connectivity index (χ2n) is 6.46. The molecule has 3 atom stereocenters. The maximum absolute atomic E-state index is 11.9. The minimum atomic E-state index is -0.433. The second kappa shape index (κ2) is 7.58. The van der Waals surface area contributed by atoms with E-state index in [2.05, 4.69) is 29.8 Å². The van der Waals surface area contributed by atoms with E-state index in [0.717, 1.165) is 12.8 Å². The van der Waals surface area contributed by atoms with Crippen LogP contribution in [0, 0.1) is 11.8 Å². The number of urea groups is 1. The molecule has 3 N–H and O–H groups in total. The molecule has 1 saturated carbocycles. The Labute approximate surface area is 131 Å². The van der Waals surface area contributed by atoms with Crippen molar-refractivity contribution in [3.8, 4) is 0 Å². The van der Waals surface area contributed by atoms with E-state index in [9.17, 15) is 14.4 Å². The van der Waals surface area contributed by atoms with Gasteiger partial charge in [0, 0.05) is 19.1 Å². The number of piperazine rings is 1. The molecule has 0 radical (unpaired) electrons. The van der Waals surface area contributed by atoms with Crippen LogP contribution in [-0.4, -0.2) is 55.0 Å². The highest BCUT2D eigenvalue weighted by Gasteiger charge is 2.28. The van der Waals surface area contributed by atoms with Gasteiger partial charge < -0.3 is 10.6 Å². The average molecular weight is 310 g/mol. The number of carbonyl (C=O) groups is 3. The van der Waals surface area contributed by atoms with Gasteiger partial charge in [0.05, 0.1) is 13.1 Å². The summed E-state index contributed by atoms with van der Waals surface area (Å²) < 4.78 is 0. The molecule has 0 aromatic carbocycles. The summed E-state index contributed by atoms with van der Waals surface area (Å²) in [6.45, 7) is 5.77. The molecule has 124 valence electrons. The minimum Gasteiger partial charge on any atom is -0.354 e. The number of nitrogens with zero attached hydrogens (tertiary/aromatic N) is 1. The van der Waals surface area contributed by atoms with Crippen LogP contribution in [0.2, 0.25) is 0 Å². The van der Waals surface area contributed by atoms with E-state index >= 15 is 0 Å². The first-order valence-corrected chi connectivity index (χ1v) is 8.05. The first-order valence-electron chi connectivity index (χ1n) is 8.05. The fraction of sp³-hybridized carbons (Fsp3) is 0.800. The topological polar surface area (TPSA) is 90.5 Å². The highest BCUT2D eigenvalue weighted by molar-refractivity contribution is 5.95. The Morgan fingerprint density at radius 1 is 1.32 bits per heavy atom. The number of imide groups is 1. The minimum absolute atomic E-state index is 0.0669. The van der Waals surface area contributed by atoms with Gasteiger partial charge in [-0.3, -0.25) is 19.8 Å². The molecule has 0 bridgehead atoms. The normalized spacial score (nSPS) is 29.5. The Bertz CT molecular complexity index is 441. The first kappa shape index (κ1) is 16.7. The summed E-state index contributed by atoms with van der Waals surface area (Å²) in [5.41, 5.74) is 0. The van der Waals surface area contributed by atoms with Crippen LogP contribution in [0.5, 0.6) is 0 Å². The molecule has 2 fully saturated rings. The Hall–Kier alpha value is -1.63. The standard InChI is InChI=1S/C15H26N4O3/c1-10-4-3-5-12(11(10)2)17-15(22)18-14(21)9-19-7-6-16-13(20)8-19/h10-12H,3-9H2,1-2H3,(H,16,20)(H2,17,18,21,22)/t10-,11-,12+/m1/s1. The molecular weight excluding hydrogens is 284 g/mol. The van der Waals surface area contributed by atoms with Crippen molar-refractivity contribution in [1.82, 2.24) is 20.9 Å². The van der Waals surface area contributed by atoms with Gasteiger partial charge in [0.2, 0.25) is 11.8 Å². The molecule has 4 amide bonds. The largest absolute Gasteiger partial charge is 0.354 e. The highest BCUT2D eigenvalue weighted by atomic mass is 16.2. The van der Waals surface area contributed by atoms with Crippen molar-refractivity contribution < 1.29 is 14.4 Å². The van der Waals surface area contributed by atoms with Crippen molar-refractivity contribution in [3.63, 3.8) is 0 Å². The molecule has 2 rings (SSSR count). The number of carbonyl (C=O) groups excluding carboxylic acids is 3. The van der Waals surface area contributed by atoms with Gasteiger partial charge in [-0.1, -0.05) is 26.7 Å². The van der Waals surface area contributed by atoms with E-state index in [1.54, 1.807) is 4.90 Å². The zero-order chi connectivity index (χ0) is 16.1. The van der Waals surface area contributed by atoms with Crippen LogP contribution in [0.4, 0.5) is 4.79 Å². The van der Waals surface area contributed by atoms with Gasteiger partial charge in [0.25, 0.3) is 0 Å². The second-order valence-corrected chi connectivity index (χ2v) is 6.46. The van der Waals surface area contributed by atoms with Gasteiger partial charge in [-0.25, -0.2) is 4.79 Å². The molecule has 0 spiro atoms. The van der Waals surface area contributed by atoms with Gasteiger partial charge >= 0.3 is 6.03 Å². The zero-order valence-corrected chi connectivity index (χ0v) is 13.4. The number of rotatable bonds is 3. The highest BCUT2D eigenvalue weighted by Crippen LogP contribution is 2.29. The van der Waals surface area contributed by atoms with Gasteiger partial charge in [-0.15, -0.1) is 0 Å². The summed E-state index contributed by atoms with van der Waals surface area (Å²) in [6, 6.07) is -0.310. The third kappa shape index (κ3) is 4.69. The van der Waals surface area contributed by atoms with E-state index in [1.165, 1.54) is 6.42 Å². The van der Waals surface area contributed by atoms with Crippen LogP contribution in [0.1, 0.15) is 33.1 Å². The third-order valence-electron chi connectivity index (χ3n) is 4.76. The molecule has 0 unspecified atom stereocenters. The third-order valence-corrected chi connectivity index (χ3v) is 4.76. The van der Waals surface area contributed by atoms with E-state index < -0.39 is 6.03 Å². The van der Waals surface area contributed by atoms with Crippen LogP contribution in [0.15, 0.2) is 0 Å². The number of amides is 4. The lowest BCUT2D eigenvalue weighted by atomic mass is 9.78. The van der Waals surface area contributed by atoms with Gasteiger partial charge in [-0.2, -0.15) is 0 Å². The fourth-order valence-corrected chi connectivity index (χ4v) is 3.19. The van der Waals surface area contributed by atoms with E-state index in [0.29, 0.717) is 24.9 Å². The van der Waals surface area contributed by atoms with E-state index in [1.807, 2.05) is 0 Å². The van der Waals surface area contributed by atoms with Gasteiger partial charge in [0.15, 0.2) is 0 Å². The Balaban J connectivity index is 1.74. The van der Waals surface area contributed by atoms with Crippen molar-refractivity contribution in [1.29, 1.82) is 0 Å². The van der Waals surface area contributed by atoms with Gasteiger partial charge in [0.1, 0.15) is 0 Å². The molecular formula is C15H26N4O3. The van der Waals surface area contributed by atoms with E-state index in [-0.39, 0.29) is 30.9 Å². The summed E-state index contributed by atoms with van der Waals surface area (Å²) in [4.78, 5) is 36.8. The van der Waals surface area contributed by atoms with Crippen molar-refractivity contribution in [2.75, 3.05) is 26.2 Å². The quantitative estimate of drug-likeness (QED) is 0.688. The average Bonchev–Trinajstić information content (AvgIpc) is 2.43. The molecule has 22 heavy (non-hydrogen) atoms. The number of nitrogens with one attached hydrogen (secondary N) is 3. The fourth-order valence-electron chi connectivity index (χ4n) is 3.19. The lowest BCUT2D eigenvalue weighted by Gasteiger charge is -2.34. The number of hydrogen-bond donors (Lipinski definition) is 3. The SMILES string of the molecule is C[C@@H]1[C@H](C)CCC[C@@H]1NC(=O)NC(=O)CN1CCNC(=O)C1. The van der Waals surface area contributed by atoms with Crippen LogP contribution in [0.3, 0.4) is 0 Å². The Kier molecular flexibility index (Phi) is 5.76. The summed E-state index contributed by atoms with van der Waals surface area (Å²) >= 11 is 0. The first-order chi connectivity index (χ1) is 10.5. The van der Waals surface area contributed by atoms with Crippen LogP contribution >= 0.6 is 0 Å². The molecule has 0 aromatic heterocycles. The van der Waals surface area contributed by atoms with E-state index in [4.69, 9.17) is 0 Å². The van der Waals surface area contributed by atoms with Crippen molar-refractivity contribution in [2.45, 2.75) is 39.2 Å². The summed E-state index contributed by atoms with van der Waals surface area (Å²) in [7, 11) is 0. The molecule has 2 aliphatic rings. The molecule has 1 heterocycles. The van der Waals surface area contributed by atoms with Crippen molar-refractivity contribution in [2.24, 2.45) is 11.8 Å². The van der Waals surface area contributed by atoms with Gasteiger partial charge in [-0.05, 0) is 18.3 Å². The predicted molar refractivity (Wildman–Crippen MR) is 82.1 cm³/mol. The molecule has 7 nitrogen and oxygen atoms in total. The van der Waals surface area contributed by atoms with Crippen LogP contribution < -0.4 is 16.0 Å². The molecule has 1 aliphatic carbocycles. The maximum atomic E-state index is 11.9. The van der Waals surface area contributed by atoms with Crippen LogP contribution in [0.25, 0.3) is 0 Å².